The number of carbonyl (C=O) groups excluding carboxylic acids is 1. The molecule has 0 bridgehead atoms. The molecule has 0 radical (unpaired) electrons. The summed E-state index contributed by atoms with van der Waals surface area (Å²) >= 11 is 0. The molecule has 0 saturated carbocycles. The maximum absolute atomic E-state index is 12.9. The van der Waals surface area contributed by atoms with Gasteiger partial charge < -0.3 is 9.88 Å². The number of piperidine rings is 1. The molecule has 0 aliphatic carbocycles. The smallest absolute Gasteiger partial charge is 0.268 e. The number of nitrogens with zero attached hydrogens (tertiary/aromatic N) is 2. The summed E-state index contributed by atoms with van der Waals surface area (Å²) in [6.07, 6.45) is 4.10. The van der Waals surface area contributed by atoms with Crippen molar-refractivity contribution in [3.63, 3.8) is 0 Å². The maximum Gasteiger partial charge on any atom is 0.268 e. The van der Waals surface area contributed by atoms with E-state index in [4.69, 9.17) is 5.14 Å². The summed E-state index contributed by atoms with van der Waals surface area (Å²) < 4.78 is 51.7. The predicted octanol–water partition coefficient (Wildman–Crippen LogP) is 1.34. The van der Waals surface area contributed by atoms with Crippen molar-refractivity contribution >= 4 is 26.0 Å². The van der Waals surface area contributed by atoms with Crippen LogP contribution in [0, 0.1) is 0 Å². The van der Waals surface area contributed by atoms with Crippen LogP contribution >= 0.6 is 0 Å². The molecule has 164 valence electrons. The Balaban J connectivity index is 1.79. The molecule has 1 amide bonds. The molecular formula is C19H26N4O5S2. The third-order valence-electron chi connectivity index (χ3n) is 5.20. The van der Waals surface area contributed by atoms with E-state index in [1.54, 1.807) is 26.1 Å². The summed E-state index contributed by atoms with van der Waals surface area (Å²) in [4.78, 5) is 12.8. The van der Waals surface area contributed by atoms with E-state index in [1.165, 1.54) is 33.3 Å². The van der Waals surface area contributed by atoms with Crippen LogP contribution in [0.1, 0.15) is 48.3 Å². The number of sulfonamides is 2. The van der Waals surface area contributed by atoms with Crippen molar-refractivity contribution in [2.75, 3.05) is 13.1 Å². The van der Waals surface area contributed by atoms with E-state index in [0.717, 1.165) is 19.3 Å². The van der Waals surface area contributed by atoms with E-state index in [1.807, 2.05) is 0 Å². The lowest BCUT2D eigenvalue weighted by Crippen LogP contribution is -2.35. The number of rotatable bonds is 6. The molecule has 1 aliphatic rings. The highest BCUT2D eigenvalue weighted by molar-refractivity contribution is 7.89. The number of aromatic nitrogens is 1. The summed E-state index contributed by atoms with van der Waals surface area (Å²) in [7, 11) is -5.90. The lowest BCUT2D eigenvalue weighted by molar-refractivity contribution is 0.0931. The second-order valence-electron chi connectivity index (χ2n) is 7.45. The molecule has 1 unspecified atom stereocenters. The van der Waals surface area contributed by atoms with Crippen molar-refractivity contribution in [2.24, 2.45) is 12.2 Å². The van der Waals surface area contributed by atoms with Crippen LogP contribution in [0.25, 0.3) is 0 Å². The van der Waals surface area contributed by atoms with Gasteiger partial charge in [0.15, 0.2) is 0 Å². The Kier molecular flexibility index (Phi) is 6.37. The van der Waals surface area contributed by atoms with Crippen molar-refractivity contribution in [3.8, 4) is 0 Å². The third kappa shape index (κ3) is 4.75. The Bertz CT molecular complexity index is 1150. The van der Waals surface area contributed by atoms with Gasteiger partial charge in [-0.25, -0.2) is 22.0 Å². The van der Waals surface area contributed by atoms with Crippen molar-refractivity contribution in [2.45, 2.75) is 42.0 Å². The molecule has 30 heavy (non-hydrogen) atoms. The van der Waals surface area contributed by atoms with Gasteiger partial charge in [0, 0.05) is 26.3 Å². The Morgan fingerprint density at radius 3 is 2.37 bits per heavy atom. The number of hydrogen-bond donors (Lipinski definition) is 2. The fourth-order valence-corrected chi connectivity index (χ4v) is 5.63. The lowest BCUT2D eigenvalue weighted by Gasteiger charge is -2.25. The zero-order valence-corrected chi connectivity index (χ0v) is 18.5. The van der Waals surface area contributed by atoms with E-state index in [-0.39, 0.29) is 15.5 Å². The summed E-state index contributed by atoms with van der Waals surface area (Å²) in [6.45, 7) is 2.67. The minimum absolute atomic E-state index is 0.0464. The van der Waals surface area contributed by atoms with Gasteiger partial charge in [-0.3, -0.25) is 4.79 Å². The summed E-state index contributed by atoms with van der Waals surface area (Å²) in [5.41, 5.74) is 0.755. The molecule has 3 N–H and O–H groups in total. The molecule has 2 aromatic rings. The average Bonchev–Trinajstić information content (AvgIpc) is 3.10. The van der Waals surface area contributed by atoms with Crippen LogP contribution in [0.2, 0.25) is 0 Å². The highest BCUT2D eigenvalue weighted by atomic mass is 32.2. The Hall–Kier alpha value is -2.21. The van der Waals surface area contributed by atoms with Crippen molar-refractivity contribution in [1.29, 1.82) is 0 Å². The predicted molar refractivity (Wildman–Crippen MR) is 112 cm³/mol. The molecule has 1 aromatic carbocycles. The first-order valence-electron chi connectivity index (χ1n) is 9.60. The monoisotopic (exact) mass is 454 g/mol. The first-order valence-corrected chi connectivity index (χ1v) is 12.6. The van der Waals surface area contributed by atoms with Crippen LogP contribution in [0.4, 0.5) is 0 Å². The summed E-state index contributed by atoms with van der Waals surface area (Å²) in [6, 6.07) is 6.85. The van der Waals surface area contributed by atoms with Gasteiger partial charge in [0.2, 0.25) is 20.0 Å². The Morgan fingerprint density at radius 2 is 1.73 bits per heavy atom. The molecule has 1 saturated heterocycles. The molecule has 0 spiro atoms. The van der Waals surface area contributed by atoms with E-state index < -0.39 is 32.0 Å². The van der Waals surface area contributed by atoms with E-state index >= 15 is 0 Å². The zero-order chi connectivity index (χ0) is 22.1. The molecule has 1 fully saturated rings. The Morgan fingerprint density at radius 1 is 1.07 bits per heavy atom. The minimum Gasteiger partial charge on any atom is -0.345 e. The zero-order valence-electron chi connectivity index (χ0n) is 16.9. The summed E-state index contributed by atoms with van der Waals surface area (Å²) in [5.74, 6) is -0.467. The Labute approximate surface area is 177 Å². The minimum atomic E-state index is -3.86. The normalized spacial score (nSPS) is 16.9. The average molecular weight is 455 g/mol. The molecule has 11 heteroatoms. The van der Waals surface area contributed by atoms with Gasteiger partial charge in [-0.2, -0.15) is 4.31 Å². The fourth-order valence-electron chi connectivity index (χ4n) is 3.47. The molecule has 2 heterocycles. The van der Waals surface area contributed by atoms with Crippen LogP contribution in [0.15, 0.2) is 46.3 Å². The second-order valence-corrected chi connectivity index (χ2v) is 10.9. The van der Waals surface area contributed by atoms with Gasteiger partial charge in [0.1, 0.15) is 10.6 Å². The van der Waals surface area contributed by atoms with Crippen molar-refractivity contribution in [1.82, 2.24) is 14.2 Å². The standard InChI is InChI=1S/C19H26N4O5S2/c1-14(15-7-6-8-16(11-15)29(20,25)26)21-19(24)18-12-17(13-22(18)2)30(27,28)23-9-4-3-5-10-23/h6-8,11-14H,3-5,9-10H2,1-2H3,(H,21,24)(H2,20,25,26). The van der Waals surface area contributed by atoms with Gasteiger partial charge in [-0.1, -0.05) is 18.6 Å². The SMILES string of the molecule is CC(NC(=O)c1cc(S(=O)(=O)N2CCCCC2)cn1C)c1cccc(S(N)(=O)=O)c1. The number of nitrogens with two attached hydrogens (primary N) is 1. The van der Waals surface area contributed by atoms with Gasteiger partial charge in [0.25, 0.3) is 5.91 Å². The molecule has 1 atom stereocenters. The first kappa shape index (κ1) is 22.5. The van der Waals surface area contributed by atoms with E-state index in [2.05, 4.69) is 5.32 Å². The van der Waals surface area contributed by atoms with Gasteiger partial charge in [-0.15, -0.1) is 0 Å². The molecule has 1 aromatic heterocycles. The molecule has 1 aliphatic heterocycles. The second kappa shape index (κ2) is 8.50. The van der Waals surface area contributed by atoms with Crippen molar-refractivity contribution in [3.05, 3.63) is 47.8 Å². The van der Waals surface area contributed by atoms with Gasteiger partial charge in [-0.05, 0) is 43.5 Å². The van der Waals surface area contributed by atoms with Crippen LogP contribution in [-0.4, -0.2) is 44.7 Å². The lowest BCUT2D eigenvalue weighted by atomic mass is 10.1. The van der Waals surface area contributed by atoms with Crippen LogP contribution in [-0.2, 0) is 27.1 Å². The highest BCUT2D eigenvalue weighted by Gasteiger charge is 2.28. The largest absolute Gasteiger partial charge is 0.345 e. The summed E-state index contributed by atoms with van der Waals surface area (Å²) in [5, 5.41) is 7.94. The van der Waals surface area contributed by atoms with Crippen LogP contribution < -0.4 is 10.5 Å². The molecule has 9 nitrogen and oxygen atoms in total. The molecular weight excluding hydrogens is 428 g/mol. The number of amides is 1. The first-order chi connectivity index (χ1) is 14.0. The van der Waals surface area contributed by atoms with Gasteiger partial charge >= 0.3 is 0 Å². The topological polar surface area (TPSA) is 132 Å². The van der Waals surface area contributed by atoms with Crippen molar-refractivity contribution < 1.29 is 21.6 Å². The number of benzene rings is 1. The third-order valence-corrected chi connectivity index (χ3v) is 7.97. The van der Waals surface area contributed by atoms with E-state index in [0.29, 0.717) is 18.7 Å². The maximum atomic E-state index is 12.9. The number of hydrogen-bond acceptors (Lipinski definition) is 5. The van der Waals surface area contributed by atoms with Crippen LogP contribution in [0.3, 0.4) is 0 Å². The fraction of sp³-hybridized carbons (Fsp3) is 0.421. The van der Waals surface area contributed by atoms with Gasteiger partial charge in [0.05, 0.1) is 10.9 Å². The highest BCUT2D eigenvalue weighted by Crippen LogP contribution is 2.23. The van der Waals surface area contributed by atoms with E-state index in [9.17, 15) is 21.6 Å². The number of aryl methyl sites for hydroxylation is 1. The quantitative estimate of drug-likeness (QED) is 0.680. The number of carbonyl (C=O) groups is 1. The number of primary sulfonamides is 1. The number of nitrogens with one attached hydrogen (secondary N) is 1. The molecule has 3 rings (SSSR count). The van der Waals surface area contributed by atoms with Crippen LogP contribution in [0.5, 0.6) is 0 Å².